The van der Waals surface area contributed by atoms with Gasteiger partial charge < -0.3 is 15.4 Å². The van der Waals surface area contributed by atoms with Gasteiger partial charge in [-0.3, -0.25) is 24.6 Å². The van der Waals surface area contributed by atoms with Gasteiger partial charge in [-0.1, -0.05) is 12.1 Å². The molecule has 3 amide bonds. The molecule has 0 aromatic heterocycles. The Bertz CT molecular complexity index is 796. The molecule has 8 heteroatoms. The molecule has 3 aliphatic heterocycles. The molecule has 3 heterocycles. The van der Waals surface area contributed by atoms with Crippen LogP contribution in [0.5, 0.6) is 0 Å². The van der Waals surface area contributed by atoms with E-state index in [4.69, 9.17) is 10.5 Å². The van der Waals surface area contributed by atoms with Crippen molar-refractivity contribution < 1.29 is 19.1 Å². The van der Waals surface area contributed by atoms with Crippen LogP contribution in [0, 0.1) is 0 Å². The molecule has 0 spiro atoms. The number of benzene rings is 1. The summed E-state index contributed by atoms with van der Waals surface area (Å²) in [4.78, 5) is 40.2. The predicted molar refractivity (Wildman–Crippen MR) is 101 cm³/mol. The van der Waals surface area contributed by atoms with Crippen LogP contribution < -0.4 is 11.1 Å². The van der Waals surface area contributed by atoms with Crippen molar-refractivity contribution in [2.24, 2.45) is 5.73 Å². The Morgan fingerprint density at radius 3 is 2.86 bits per heavy atom. The zero-order valence-electron chi connectivity index (χ0n) is 15.9. The van der Waals surface area contributed by atoms with Gasteiger partial charge in [0.15, 0.2) is 0 Å². The maximum absolute atomic E-state index is 12.7. The van der Waals surface area contributed by atoms with E-state index in [1.165, 1.54) is 0 Å². The second kappa shape index (κ2) is 7.98. The van der Waals surface area contributed by atoms with Gasteiger partial charge in [0.05, 0.1) is 12.7 Å². The molecule has 3 aliphatic rings. The van der Waals surface area contributed by atoms with Gasteiger partial charge in [-0.25, -0.2) is 0 Å². The second-order valence-electron chi connectivity index (χ2n) is 7.70. The minimum atomic E-state index is -0.569. The van der Waals surface area contributed by atoms with Crippen molar-refractivity contribution in [2.75, 3.05) is 26.2 Å². The lowest BCUT2D eigenvalue weighted by Gasteiger charge is -2.29. The van der Waals surface area contributed by atoms with Gasteiger partial charge in [-0.05, 0) is 30.0 Å². The molecule has 0 saturated carbocycles. The number of hydrogen-bond donors (Lipinski definition) is 2. The third kappa shape index (κ3) is 3.80. The number of nitrogens with two attached hydrogens (primary N) is 1. The number of likely N-dealkylation sites (tertiary alicyclic amines) is 1. The van der Waals surface area contributed by atoms with E-state index in [1.807, 2.05) is 12.1 Å². The molecule has 2 saturated heterocycles. The molecule has 0 bridgehead atoms. The first-order chi connectivity index (χ1) is 13.5. The fraction of sp³-hybridized carbons (Fsp3) is 0.550. The lowest BCUT2D eigenvalue weighted by molar-refractivity contribution is -0.136. The SMILES string of the molecule is NCCOC1CCN(Cc2ccc3c(c2)CN(C2CCC(=O)NC2=O)C3=O)C1. The van der Waals surface area contributed by atoms with Gasteiger partial charge in [-0.2, -0.15) is 0 Å². The highest BCUT2D eigenvalue weighted by molar-refractivity contribution is 6.05. The van der Waals surface area contributed by atoms with Gasteiger partial charge in [-0.15, -0.1) is 0 Å². The monoisotopic (exact) mass is 386 g/mol. The average molecular weight is 386 g/mol. The first-order valence-corrected chi connectivity index (χ1v) is 9.85. The summed E-state index contributed by atoms with van der Waals surface area (Å²) in [6.07, 6.45) is 1.90. The fourth-order valence-electron chi connectivity index (χ4n) is 4.30. The molecule has 1 aromatic rings. The molecule has 1 aromatic carbocycles. The number of nitrogens with zero attached hydrogens (tertiary/aromatic N) is 2. The number of ether oxygens (including phenoxy) is 1. The highest BCUT2D eigenvalue weighted by atomic mass is 16.5. The van der Waals surface area contributed by atoms with E-state index < -0.39 is 6.04 Å². The smallest absolute Gasteiger partial charge is 0.255 e. The van der Waals surface area contributed by atoms with Gasteiger partial charge in [0.2, 0.25) is 11.8 Å². The van der Waals surface area contributed by atoms with E-state index in [9.17, 15) is 14.4 Å². The van der Waals surface area contributed by atoms with Crippen LogP contribution in [0.1, 0.15) is 40.7 Å². The fourth-order valence-corrected chi connectivity index (χ4v) is 4.30. The van der Waals surface area contributed by atoms with Crippen LogP contribution in [0.4, 0.5) is 0 Å². The number of imide groups is 1. The number of hydrogen-bond acceptors (Lipinski definition) is 6. The van der Waals surface area contributed by atoms with Crippen LogP contribution in [0.15, 0.2) is 18.2 Å². The predicted octanol–water partition coefficient (Wildman–Crippen LogP) is -0.00280. The van der Waals surface area contributed by atoms with Crippen molar-refractivity contribution in [3.05, 3.63) is 34.9 Å². The van der Waals surface area contributed by atoms with Crippen molar-refractivity contribution in [1.82, 2.24) is 15.1 Å². The summed E-state index contributed by atoms with van der Waals surface area (Å²) in [5.41, 5.74) is 8.24. The zero-order chi connectivity index (χ0) is 19.7. The van der Waals surface area contributed by atoms with Crippen molar-refractivity contribution in [3.8, 4) is 0 Å². The molecule has 28 heavy (non-hydrogen) atoms. The van der Waals surface area contributed by atoms with E-state index in [1.54, 1.807) is 4.90 Å². The summed E-state index contributed by atoms with van der Waals surface area (Å²) in [5.74, 6) is -0.780. The molecule has 3 N–H and O–H groups in total. The van der Waals surface area contributed by atoms with Gasteiger partial charge >= 0.3 is 0 Å². The Kier molecular flexibility index (Phi) is 5.43. The number of amides is 3. The van der Waals surface area contributed by atoms with Crippen molar-refractivity contribution in [1.29, 1.82) is 0 Å². The molecular formula is C20H26N4O4. The number of rotatable bonds is 6. The third-order valence-corrected chi connectivity index (χ3v) is 5.69. The van der Waals surface area contributed by atoms with Gasteiger partial charge in [0, 0.05) is 44.7 Å². The summed E-state index contributed by atoms with van der Waals surface area (Å²) >= 11 is 0. The Morgan fingerprint density at radius 1 is 1.21 bits per heavy atom. The van der Waals surface area contributed by atoms with Crippen LogP contribution in [-0.2, 0) is 27.4 Å². The minimum absolute atomic E-state index is 0.132. The molecule has 2 unspecified atom stereocenters. The summed E-state index contributed by atoms with van der Waals surface area (Å²) in [5, 5.41) is 2.33. The summed E-state index contributed by atoms with van der Waals surface area (Å²) < 4.78 is 5.73. The van der Waals surface area contributed by atoms with E-state index in [0.29, 0.717) is 31.7 Å². The average Bonchev–Trinajstić information content (AvgIpc) is 3.24. The number of fused-ring (bicyclic) bond motifs is 1. The van der Waals surface area contributed by atoms with Crippen molar-refractivity contribution in [2.45, 2.75) is 44.5 Å². The van der Waals surface area contributed by atoms with E-state index in [-0.39, 0.29) is 30.2 Å². The normalized spacial score (nSPS) is 25.3. The quantitative estimate of drug-likeness (QED) is 0.667. The second-order valence-corrected chi connectivity index (χ2v) is 7.70. The maximum atomic E-state index is 12.7. The highest BCUT2D eigenvalue weighted by Gasteiger charge is 2.39. The molecular weight excluding hydrogens is 360 g/mol. The lowest BCUT2D eigenvalue weighted by atomic mass is 10.0. The first kappa shape index (κ1) is 19.0. The van der Waals surface area contributed by atoms with E-state index >= 15 is 0 Å². The summed E-state index contributed by atoms with van der Waals surface area (Å²) in [6.45, 7) is 4.22. The van der Waals surface area contributed by atoms with Crippen LogP contribution in [0.2, 0.25) is 0 Å². The topological polar surface area (TPSA) is 105 Å². The Hall–Kier alpha value is -2.29. The van der Waals surface area contributed by atoms with Crippen molar-refractivity contribution >= 4 is 17.7 Å². The zero-order valence-corrected chi connectivity index (χ0v) is 15.9. The van der Waals surface area contributed by atoms with Crippen LogP contribution >= 0.6 is 0 Å². The minimum Gasteiger partial charge on any atom is -0.376 e. The summed E-state index contributed by atoms with van der Waals surface area (Å²) in [7, 11) is 0. The molecule has 4 rings (SSSR count). The molecule has 2 fully saturated rings. The number of piperidine rings is 1. The van der Waals surface area contributed by atoms with Gasteiger partial charge in [0.1, 0.15) is 6.04 Å². The van der Waals surface area contributed by atoms with E-state index in [0.717, 1.165) is 37.2 Å². The molecule has 0 aliphatic carbocycles. The van der Waals surface area contributed by atoms with Gasteiger partial charge in [0.25, 0.3) is 5.91 Å². The lowest BCUT2D eigenvalue weighted by Crippen LogP contribution is -2.52. The van der Waals surface area contributed by atoms with Crippen LogP contribution in [0.3, 0.4) is 0 Å². The van der Waals surface area contributed by atoms with E-state index in [2.05, 4.69) is 16.3 Å². The molecule has 0 radical (unpaired) electrons. The third-order valence-electron chi connectivity index (χ3n) is 5.69. The summed E-state index contributed by atoms with van der Waals surface area (Å²) in [6, 6.07) is 5.34. The Balaban J connectivity index is 1.40. The standard InChI is InChI=1S/C20H26N4O4/c21-6-8-28-15-5-7-23(12-15)10-13-1-2-16-14(9-13)11-24(20(16)27)17-3-4-18(25)22-19(17)26/h1-2,9,15,17H,3-8,10-12,21H2,(H,22,25,26). The number of nitrogens with one attached hydrogen (secondary N) is 1. The Labute approximate surface area is 164 Å². The largest absolute Gasteiger partial charge is 0.376 e. The first-order valence-electron chi connectivity index (χ1n) is 9.85. The number of carbonyl (C=O) groups excluding carboxylic acids is 3. The molecule has 8 nitrogen and oxygen atoms in total. The number of carbonyl (C=O) groups is 3. The van der Waals surface area contributed by atoms with Crippen LogP contribution in [-0.4, -0.2) is 65.9 Å². The maximum Gasteiger partial charge on any atom is 0.255 e. The Morgan fingerprint density at radius 2 is 2.07 bits per heavy atom. The molecule has 150 valence electrons. The highest BCUT2D eigenvalue weighted by Crippen LogP contribution is 2.29. The molecule has 2 atom stereocenters. The van der Waals surface area contributed by atoms with Crippen LogP contribution in [0.25, 0.3) is 0 Å². The van der Waals surface area contributed by atoms with Crippen molar-refractivity contribution in [3.63, 3.8) is 0 Å².